The predicted molar refractivity (Wildman–Crippen MR) is 151 cm³/mol. The van der Waals surface area contributed by atoms with Crippen molar-refractivity contribution in [3.05, 3.63) is 122 Å². The van der Waals surface area contributed by atoms with Gasteiger partial charge in [0, 0.05) is 56.0 Å². The van der Waals surface area contributed by atoms with Gasteiger partial charge in [-0.05, 0) is 52.9 Å². The van der Waals surface area contributed by atoms with Gasteiger partial charge >= 0.3 is 0 Å². The molecule has 8 aromatic rings. The lowest BCUT2D eigenvalue weighted by Gasteiger charge is -2.10. The normalized spacial score (nSPS) is 11.9. The van der Waals surface area contributed by atoms with E-state index in [1.54, 1.807) is 0 Å². The Labute approximate surface area is 207 Å². The molecule has 3 aromatic heterocycles. The third kappa shape index (κ3) is 2.71. The minimum Gasteiger partial charge on any atom is -0.354 e. The number of aromatic nitrogens is 3. The topological polar surface area (TPSA) is 33.6 Å². The summed E-state index contributed by atoms with van der Waals surface area (Å²) < 4.78 is 2.41. The van der Waals surface area contributed by atoms with Gasteiger partial charge in [-0.1, -0.05) is 72.8 Å². The second-order valence-electron chi connectivity index (χ2n) is 9.39. The van der Waals surface area contributed by atoms with Crippen molar-refractivity contribution < 1.29 is 0 Å². The first-order valence-corrected chi connectivity index (χ1v) is 12.2. The van der Waals surface area contributed by atoms with Gasteiger partial charge in [0.1, 0.15) is 0 Å². The molecule has 5 aromatic carbocycles. The van der Waals surface area contributed by atoms with Gasteiger partial charge in [-0.2, -0.15) is 0 Å². The van der Waals surface area contributed by atoms with Crippen LogP contribution >= 0.6 is 0 Å². The van der Waals surface area contributed by atoms with Crippen molar-refractivity contribution in [3.63, 3.8) is 0 Å². The van der Waals surface area contributed by atoms with Gasteiger partial charge < -0.3 is 9.55 Å². The predicted octanol–water partition coefficient (Wildman–Crippen LogP) is 8.63. The van der Waals surface area contributed by atoms with Crippen molar-refractivity contribution >= 4 is 54.4 Å². The average molecular weight is 460 g/mol. The van der Waals surface area contributed by atoms with Crippen molar-refractivity contribution in [3.8, 4) is 16.8 Å². The molecule has 0 aliphatic rings. The molecule has 0 radical (unpaired) electrons. The zero-order valence-corrected chi connectivity index (χ0v) is 19.4. The van der Waals surface area contributed by atoms with Gasteiger partial charge in [0.25, 0.3) is 0 Å². The lowest BCUT2D eigenvalue weighted by atomic mass is 10.0. The van der Waals surface area contributed by atoms with Crippen LogP contribution in [0.25, 0.3) is 71.2 Å². The molecule has 0 saturated heterocycles. The summed E-state index contributed by atoms with van der Waals surface area (Å²) in [6.45, 7) is 0. The number of pyridine rings is 1. The van der Waals surface area contributed by atoms with E-state index in [-0.39, 0.29) is 0 Å². The molecule has 0 bridgehead atoms. The van der Waals surface area contributed by atoms with Crippen molar-refractivity contribution in [2.45, 2.75) is 0 Å². The molecule has 1 N–H and O–H groups in total. The fraction of sp³-hybridized carbons (Fsp3) is 0. The molecule has 168 valence electrons. The quantitative estimate of drug-likeness (QED) is 0.276. The van der Waals surface area contributed by atoms with Crippen LogP contribution in [-0.2, 0) is 0 Å². The zero-order chi connectivity index (χ0) is 23.6. The first-order valence-electron chi connectivity index (χ1n) is 12.2. The third-order valence-corrected chi connectivity index (χ3v) is 7.40. The fourth-order valence-electron chi connectivity index (χ4n) is 5.73. The van der Waals surface area contributed by atoms with Crippen LogP contribution in [0.5, 0.6) is 0 Å². The number of fused-ring (bicyclic) bond motifs is 8. The molecule has 0 fully saturated rings. The van der Waals surface area contributed by atoms with Gasteiger partial charge in [0.2, 0.25) is 0 Å². The lowest BCUT2D eigenvalue weighted by Crippen LogP contribution is -1.93. The van der Waals surface area contributed by atoms with Gasteiger partial charge in [-0.3, -0.25) is 4.98 Å². The molecule has 0 atom stereocenters. The smallest absolute Gasteiger partial charge is 0.0619 e. The lowest BCUT2D eigenvalue weighted by molar-refractivity contribution is 1.19. The number of hydrogen-bond acceptors (Lipinski definition) is 1. The maximum absolute atomic E-state index is 4.31. The number of para-hydroxylation sites is 1. The van der Waals surface area contributed by atoms with Gasteiger partial charge in [-0.25, -0.2) is 0 Å². The molecule has 3 heterocycles. The van der Waals surface area contributed by atoms with E-state index in [9.17, 15) is 0 Å². The molecule has 0 spiro atoms. The first-order chi connectivity index (χ1) is 17.8. The highest BCUT2D eigenvalue weighted by atomic mass is 15.0. The second-order valence-corrected chi connectivity index (χ2v) is 9.39. The Balaban J connectivity index is 1.42. The minimum atomic E-state index is 1.12. The number of H-pyrrole nitrogens is 1. The van der Waals surface area contributed by atoms with Crippen LogP contribution in [-0.4, -0.2) is 14.5 Å². The van der Waals surface area contributed by atoms with Crippen molar-refractivity contribution in [2.75, 3.05) is 0 Å². The van der Waals surface area contributed by atoms with Crippen molar-refractivity contribution in [2.24, 2.45) is 0 Å². The van der Waals surface area contributed by atoms with E-state index in [1.807, 2.05) is 18.5 Å². The van der Waals surface area contributed by atoms with E-state index in [2.05, 4.69) is 118 Å². The first kappa shape index (κ1) is 19.4. The number of rotatable bonds is 2. The number of nitrogens with one attached hydrogen (secondary N) is 1. The Kier molecular flexibility index (Phi) is 3.94. The molecule has 0 aliphatic heterocycles. The van der Waals surface area contributed by atoms with Crippen molar-refractivity contribution in [1.29, 1.82) is 0 Å². The van der Waals surface area contributed by atoms with Crippen LogP contribution in [0.1, 0.15) is 0 Å². The van der Waals surface area contributed by atoms with Crippen LogP contribution < -0.4 is 0 Å². The molecule has 0 saturated carbocycles. The largest absolute Gasteiger partial charge is 0.354 e. The van der Waals surface area contributed by atoms with E-state index in [0.717, 1.165) is 16.4 Å². The molecule has 8 rings (SSSR count). The highest BCUT2D eigenvalue weighted by Gasteiger charge is 2.16. The van der Waals surface area contributed by atoms with Crippen LogP contribution in [0.2, 0.25) is 0 Å². The standard InChI is InChI=1S/C33H21N3/c1-2-7-24(8-3-1)36-32-15-12-22(18-28(32)27-14-10-21-6-4-5-9-25(21)33(27)36)23-11-13-26-29-20-34-17-16-30(29)35-31(26)19-23/h1-20,35H. The van der Waals surface area contributed by atoms with E-state index >= 15 is 0 Å². The summed E-state index contributed by atoms with van der Waals surface area (Å²) in [5.41, 5.74) is 8.30. The zero-order valence-electron chi connectivity index (χ0n) is 19.4. The summed E-state index contributed by atoms with van der Waals surface area (Å²) in [4.78, 5) is 7.86. The maximum Gasteiger partial charge on any atom is 0.0619 e. The Bertz CT molecular complexity index is 2100. The third-order valence-electron chi connectivity index (χ3n) is 7.40. The monoisotopic (exact) mass is 459 g/mol. The molecule has 36 heavy (non-hydrogen) atoms. The summed E-state index contributed by atoms with van der Waals surface area (Å²) in [7, 11) is 0. The van der Waals surface area contributed by atoms with E-state index in [4.69, 9.17) is 0 Å². The summed E-state index contributed by atoms with van der Waals surface area (Å²) in [5.74, 6) is 0. The SMILES string of the molecule is c1ccc(-n2c3ccc(-c4ccc5c(c4)[nH]c4ccncc45)cc3c3ccc4ccccc4c32)cc1. The Morgan fingerprint density at radius 1 is 0.556 bits per heavy atom. The van der Waals surface area contributed by atoms with Crippen molar-refractivity contribution in [1.82, 2.24) is 14.5 Å². The average Bonchev–Trinajstić information content (AvgIpc) is 3.48. The Hall–Kier alpha value is -4.89. The maximum atomic E-state index is 4.31. The molecule has 0 aliphatic carbocycles. The number of aromatic amines is 1. The van der Waals surface area contributed by atoms with Crippen LogP contribution in [0.4, 0.5) is 0 Å². The van der Waals surface area contributed by atoms with Gasteiger partial charge in [0.05, 0.1) is 11.0 Å². The van der Waals surface area contributed by atoms with E-state index < -0.39 is 0 Å². The molecule has 0 unspecified atom stereocenters. The Morgan fingerprint density at radius 2 is 1.36 bits per heavy atom. The number of nitrogens with zero attached hydrogens (tertiary/aromatic N) is 2. The van der Waals surface area contributed by atoms with E-state index in [1.165, 1.54) is 54.8 Å². The molecule has 0 amide bonds. The molecule has 3 heteroatoms. The summed E-state index contributed by atoms with van der Waals surface area (Å²) in [6, 6.07) is 39.4. The summed E-state index contributed by atoms with van der Waals surface area (Å²) in [5, 5.41) is 7.42. The number of hydrogen-bond donors (Lipinski definition) is 1. The molecular formula is C33H21N3. The Morgan fingerprint density at radius 3 is 2.31 bits per heavy atom. The van der Waals surface area contributed by atoms with Gasteiger partial charge in [0.15, 0.2) is 0 Å². The second kappa shape index (κ2) is 7.30. The van der Waals surface area contributed by atoms with Crippen LogP contribution in [0.15, 0.2) is 122 Å². The molecular weight excluding hydrogens is 438 g/mol. The fourth-order valence-corrected chi connectivity index (χ4v) is 5.73. The highest BCUT2D eigenvalue weighted by Crippen LogP contribution is 2.39. The minimum absolute atomic E-state index is 1.12. The van der Waals surface area contributed by atoms with Crippen LogP contribution in [0.3, 0.4) is 0 Å². The summed E-state index contributed by atoms with van der Waals surface area (Å²) >= 11 is 0. The van der Waals surface area contributed by atoms with E-state index in [0.29, 0.717) is 0 Å². The molecule has 3 nitrogen and oxygen atoms in total. The van der Waals surface area contributed by atoms with Gasteiger partial charge in [-0.15, -0.1) is 0 Å². The number of benzene rings is 5. The highest BCUT2D eigenvalue weighted by molar-refractivity contribution is 6.19. The van der Waals surface area contributed by atoms with Crippen LogP contribution in [0, 0.1) is 0 Å². The summed E-state index contributed by atoms with van der Waals surface area (Å²) in [6.07, 6.45) is 3.77.